The zero-order chi connectivity index (χ0) is 21.0. The molecule has 0 aliphatic carbocycles. The lowest BCUT2D eigenvalue weighted by atomic mass is 10.0. The normalized spacial score (nSPS) is 11.7. The number of benzene rings is 3. The number of hydrogen-bond acceptors (Lipinski definition) is 3. The predicted octanol–water partition coefficient (Wildman–Crippen LogP) is 4.47. The summed E-state index contributed by atoms with van der Waals surface area (Å²) in [6, 6.07) is 18.0. The van der Waals surface area contributed by atoms with Crippen LogP contribution in [-0.4, -0.2) is 31.7 Å². The molecule has 0 aliphatic rings. The van der Waals surface area contributed by atoms with Crippen molar-refractivity contribution < 1.29 is 13.2 Å². The van der Waals surface area contributed by atoms with Gasteiger partial charge in [0.15, 0.2) is 0 Å². The summed E-state index contributed by atoms with van der Waals surface area (Å²) in [7, 11) is -3.96. The Hall–Kier alpha value is -2.12. The SMILES string of the molecule is CCN(CC(=O)NCc1cccc2ccccc12)S(=O)(=O)c1cc(Cl)ccc1Cl. The van der Waals surface area contributed by atoms with Crippen LogP contribution in [0.25, 0.3) is 10.8 Å². The Morgan fingerprint density at radius 1 is 1.03 bits per heavy atom. The van der Waals surface area contributed by atoms with Crippen LogP contribution in [0.15, 0.2) is 65.6 Å². The minimum atomic E-state index is -3.96. The first kappa shape index (κ1) is 21.6. The van der Waals surface area contributed by atoms with Crippen LogP contribution in [0.3, 0.4) is 0 Å². The molecule has 0 saturated carbocycles. The van der Waals surface area contributed by atoms with E-state index in [0.29, 0.717) is 6.54 Å². The number of carbonyl (C=O) groups is 1. The molecule has 5 nitrogen and oxygen atoms in total. The van der Waals surface area contributed by atoms with Crippen molar-refractivity contribution in [1.29, 1.82) is 0 Å². The van der Waals surface area contributed by atoms with Crippen molar-refractivity contribution in [3.8, 4) is 0 Å². The zero-order valence-electron chi connectivity index (χ0n) is 15.7. The Bertz CT molecular complexity index is 1140. The molecule has 3 rings (SSSR count). The fourth-order valence-electron chi connectivity index (χ4n) is 3.04. The van der Waals surface area contributed by atoms with Gasteiger partial charge in [0.1, 0.15) is 4.90 Å². The van der Waals surface area contributed by atoms with Crippen molar-refractivity contribution in [3.63, 3.8) is 0 Å². The second-order valence-corrected chi connectivity index (χ2v) is 9.17. The molecule has 3 aromatic carbocycles. The maximum absolute atomic E-state index is 12.9. The summed E-state index contributed by atoms with van der Waals surface area (Å²) < 4.78 is 26.9. The summed E-state index contributed by atoms with van der Waals surface area (Å²) in [5.74, 6) is -0.401. The van der Waals surface area contributed by atoms with Crippen molar-refractivity contribution in [2.75, 3.05) is 13.1 Å². The molecule has 3 aromatic rings. The van der Waals surface area contributed by atoms with Gasteiger partial charge >= 0.3 is 0 Å². The van der Waals surface area contributed by atoms with E-state index in [9.17, 15) is 13.2 Å². The van der Waals surface area contributed by atoms with Gasteiger partial charge in [0, 0.05) is 18.1 Å². The van der Waals surface area contributed by atoms with E-state index in [1.54, 1.807) is 6.92 Å². The first-order chi connectivity index (χ1) is 13.8. The second kappa shape index (κ2) is 9.13. The Balaban J connectivity index is 1.73. The Morgan fingerprint density at radius 3 is 2.52 bits per heavy atom. The third-order valence-corrected chi connectivity index (χ3v) is 7.18. The number of likely N-dealkylation sites (N-methyl/N-ethyl adjacent to an activating group) is 1. The first-order valence-electron chi connectivity index (χ1n) is 9.01. The van der Waals surface area contributed by atoms with Crippen LogP contribution in [-0.2, 0) is 21.4 Å². The summed E-state index contributed by atoms with van der Waals surface area (Å²) in [4.78, 5) is 12.4. The van der Waals surface area contributed by atoms with Crippen LogP contribution in [0.5, 0.6) is 0 Å². The summed E-state index contributed by atoms with van der Waals surface area (Å²) in [6.07, 6.45) is 0. The quantitative estimate of drug-likeness (QED) is 0.576. The maximum atomic E-state index is 12.9. The number of fused-ring (bicyclic) bond motifs is 1. The van der Waals surface area contributed by atoms with E-state index in [0.717, 1.165) is 20.6 Å². The van der Waals surface area contributed by atoms with Crippen LogP contribution in [0.4, 0.5) is 0 Å². The minimum absolute atomic E-state index is 0.0593. The van der Waals surface area contributed by atoms with Gasteiger partial charge in [-0.2, -0.15) is 4.31 Å². The molecule has 0 heterocycles. The summed E-state index contributed by atoms with van der Waals surface area (Å²) in [5.41, 5.74) is 0.959. The molecule has 1 N–H and O–H groups in total. The first-order valence-corrected chi connectivity index (χ1v) is 11.2. The molecule has 0 aliphatic heterocycles. The lowest BCUT2D eigenvalue weighted by Gasteiger charge is -2.21. The smallest absolute Gasteiger partial charge is 0.245 e. The Morgan fingerprint density at radius 2 is 1.76 bits per heavy atom. The Kier molecular flexibility index (Phi) is 6.80. The van der Waals surface area contributed by atoms with E-state index in [-0.39, 0.29) is 28.0 Å². The van der Waals surface area contributed by atoms with Crippen molar-refractivity contribution >= 4 is 49.9 Å². The van der Waals surface area contributed by atoms with Gasteiger partial charge in [-0.25, -0.2) is 8.42 Å². The average Bonchev–Trinajstić information content (AvgIpc) is 2.71. The van der Waals surface area contributed by atoms with Crippen LogP contribution < -0.4 is 5.32 Å². The molecule has 0 aromatic heterocycles. The highest BCUT2D eigenvalue weighted by Gasteiger charge is 2.27. The van der Waals surface area contributed by atoms with Crippen LogP contribution in [0, 0.1) is 0 Å². The van der Waals surface area contributed by atoms with E-state index in [1.165, 1.54) is 18.2 Å². The topological polar surface area (TPSA) is 66.5 Å². The monoisotopic (exact) mass is 450 g/mol. The molecule has 0 bridgehead atoms. The minimum Gasteiger partial charge on any atom is -0.351 e. The molecule has 29 heavy (non-hydrogen) atoms. The predicted molar refractivity (Wildman–Crippen MR) is 117 cm³/mol. The fraction of sp³-hybridized carbons (Fsp3) is 0.190. The highest BCUT2D eigenvalue weighted by atomic mass is 35.5. The van der Waals surface area contributed by atoms with E-state index in [1.807, 2.05) is 42.5 Å². The number of halogens is 2. The van der Waals surface area contributed by atoms with Crippen molar-refractivity contribution in [3.05, 3.63) is 76.3 Å². The van der Waals surface area contributed by atoms with E-state index < -0.39 is 15.9 Å². The lowest BCUT2D eigenvalue weighted by Crippen LogP contribution is -2.40. The lowest BCUT2D eigenvalue weighted by molar-refractivity contribution is -0.121. The van der Waals surface area contributed by atoms with Crippen LogP contribution >= 0.6 is 23.2 Å². The Labute approximate surface area is 180 Å². The van der Waals surface area contributed by atoms with Crippen molar-refractivity contribution in [2.24, 2.45) is 0 Å². The van der Waals surface area contributed by atoms with Gasteiger partial charge in [0.25, 0.3) is 0 Å². The highest BCUT2D eigenvalue weighted by Crippen LogP contribution is 2.27. The number of nitrogens with zero attached hydrogens (tertiary/aromatic N) is 1. The number of hydrogen-bond donors (Lipinski definition) is 1. The number of sulfonamides is 1. The molecular formula is C21H20Cl2N2O3S. The van der Waals surface area contributed by atoms with Gasteiger partial charge in [0.2, 0.25) is 15.9 Å². The van der Waals surface area contributed by atoms with Crippen molar-refractivity contribution in [1.82, 2.24) is 9.62 Å². The number of amides is 1. The standard InChI is InChI=1S/C21H20Cl2N2O3S/c1-2-25(29(27,28)20-12-17(22)10-11-19(20)23)14-21(26)24-13-16-8-5-7-15-6-3-4-9-18(15)16/h3-12H,2,13-14H2,1H3,(H,24,26). The second-order valence-electron chi connectivity index (χ2n) is 6.42. The van der Waals surface area contributed by atoms with Gasteiger partial charge in [-0.15, -0.1) is 0 Å². The molecule has 8 heteroatoms. The molecule has 152 valence electrons. The van der Waals surface area contributed by atoms with E-state index in [2.05, 4.69) is 5.32 Å². The number of rotatable bonds is 7. The molecule has 0 atom stereocenters. The summed E-state index contributed by atoms with van der Waals surface area (Å²) >= 11 is 12.0. The molecular weight excluding hydrogens is 431 g/mol. The fourth-order valence-corrected chi connectivity index (χ4v) is 5.18. The van der Waals surface area contributed by atoms with Crippen LogP contribution in [0.2, 0.25) is 10.0 Å². The maximum Gasteiger partial charge on any atom is 0.245 e. The third kappa shape index (κ3) is 4.90. The number of nitrogens with one attached hydrogen (secondary N) is 1. The highest BCUT2D eigenvalue weighted by molar-refractivity contribution is 7.89. The van der Waals surface area contributed by atoms with Gasteiger partial charge in [-0.3, -0.25) is 4.79 Å². The van der Waals surface area contributed by atoms with Gasteiger partial charge in [-0.1, -0.05) is 72.6 Å². The average molecular weight is 451 g/mol. The molecule has 0 spiro atoms. The van der Waals surface area contributed by atoms with Gasteiger partial charge in [-0.05, 0) is 34.5 Å². The number of carbonyl (C=O) groups excluding carboxylic acids is 1. The summed E-state index contributed by atoms with van der Waals surface area (Å²) in [6.45, 7) is 1.77. The molecule has 0 unspecified atom stereocenters. The zero-order valence-corrected chi connectivity index (χ0v) is 18.1. The largest absolute Gasteiger partial charge is 0.351 e. The molecule has 0 fully saturated rings. The summed E-state index contributed by atoms with van der Waals surface area (Å²) in [5, 5.41) is 5.23. The molecule has 0 radical (unpaired) electrons. The van der Waals surface area contributed by atoms with Gasteiger partial charge < -0.3 is 5.32 Å². The van der Waals surface area contributed by atoms with E-state index >= 15 is 0 Å². The van der Waals surface area contributed by atoms with Crippen LogP contribution in [0.1, 0.15) is 12.5 Å². The van der Waals surface area contributed by atoms with Gasteiger partial charge in [0.05, 0.1) is 11.6 Å². The molecule has 1 amide bonds. The van der Waals surface area contributed by atoms with Crippen molar-refractivity contribution in [2.45, 2.75) is 18.4 Å². The molecule has 0 saturated heterocycles. The van der Waals surface area contributed by atoms with E-state index in [4.69, 9.17) is 23.2 Å². The third-order valence-electron chi connectivity index (χ3n) is 4.54.